The Hall–Kier alpha value is -0.120. The lowest BCUT2D eigenvalue weighted by Crippen LogP contribution is -2.16. The molecule has 3 unspecified atom stereocenters. The van der Waals surface area contributed by atoms with Crippen LogP contribution >= 0.6 is 0 Å². The van der Waals surface area contributed by atoms with Gasteiger partial charge in [0, 0.05) is 12.3 Å². The summed E-state index contributed by atoms with van der Waals surface area (Å²) in [6.07, 6.45) is -0.441. The van der Waals surface area contributed by atoms with E-state index in [-0.39, 0.29) is 12.0 Å². The molecule has 1 saturated heterocycles. The maximum absolute atomic E-state index is 8.98. The van der Waals surface area contributed by atoms with Crippen LogP contribution in [0.4, 0.5) is 0 Å². The van der Waals surface area contributed by atoms with E-state index in [4.69, 9.17) is 14.9 Å². The molecule has 1 heterocycles. The number of aliphatic hydroxyl groups excluding tert-OH is 2. The SMILES string of the molecule is CC(O)C1COC(O)C1. The van der Waals surface area contributed by atoms with Crippen molar-refractivity contribution in [1.82, 2.24) is 0 Å². The minimum atomic E-state index is -0.649. The molecule has 2 N–H and O–H groups in total. The topological polar surface area (TPSA) is 49.7 Å². The molecule has 0 aromatic carbocycles. The van der Waals surface area contributed by atoms with Gasteiger partial charge in [-0.15, -0.1) is 0 Å². The van der Waals surface area contributed by atoms with Gasteiger partial charge in [0.25, 0.3) is 0 Å². The van der Waals surface area contributed by atoms with Gasteiger partial charge >= 0.3 is 0 Å². The van der Waals surface area contributed by atoms with Gasteiger partial charge in [-0.2, -0.15) is 0 Å². The minimum Gasteiger partial charge on any atom is -0.393 e. The Morgan fingerprint density at radius 3 is 2.56 bits per heavy atom. The lowest BCUT2D eigenvalue weighted by Gasteiger charge is -2.08. The van der Waals surface area contributed by atoms with E-state index in [1.165, 1.54) is 0 Å². The largest absolute Gasteiger partial charge is 0.393 e. The first-order valence-corrected chi connectivity index (χ1v) is 3.18. The Labute approximate surface area is 54.3 Å². The molecule has 0 aromatic heterocycles. The predicted octanol–water partition coefficient (Wildman–Crippen LogP) is -0.278. The molecule has 3 nitrogen and oxygen atoms in total. The van der Waals surface area contributed by atoms with Crippen molar-refractivity contribution in [2.24, 2.45) is 5.92 Å². The maximum Gasteiger partial charge on any atom is 0.154 e. The van der Waals surface area contributed by atoms with Gasteiger partial charge < -0.3 is 14.9 Å². The van der Waals surface area contributed by atoms with Gasteiger partial charge in [-0.25, -0.2) is 0 Å². The van der Waals surface area contributed by atoms with Crippen molar-refractivity contribution in [2.75, 3.05) is 6.61 Å². The molecule has 0 bridgehead atoms. The van der Waals surface area contributed by atoms with E-state index in [9.17, 15) is 0 Å². The summed E-state index contributed by atoms with van der Waals surface area (Å²) < 4.78 is 4.82. The number of aliphatic hydroxyl groups is 2. The molecule has 3 atom stereocenters. The zero-order chi connectivity index (χ0) is 6.85. The quantitative estimate of drug-likeness (QED) is 0.516. The zero-order valence-corrected chi connectivity index (χ0v) is 5.45. The van der Waals surface area contributed by atoms with Gasteiger partial charge in [-0.1, -0.05) is 0 Å². The molecular weight excluding hydrogens is 120 g/mol. The Morgan fingerprint density at radius 2 is 2.33 bits per heavy atom. The van der Waals surface area contributed by atoms with Crippen LogP contribution in [0.3, 0.4) is 0 Å². The van der Waals surface area contributed by atoms with Crippen LogP contribution in [0.25, 0.3) is 0 Å². The van der Waals surface area contributed by atoms with Crippen LogP contribution in [0.2, 0.25) is 0 Å². The fourth-order valence-electron chi connectivity index (χ4n) is 0.966. The third kappa shape index (κ3) is 1.64. The average molecular weight is 132 g/mol. The smallest absolute Gasteiger partial charge is 0.154 e. The Bertz CT molecular complexity index is 92.3. The molecule has 0 aromatic rings. The first kappa shape index (κ1) is 6.99. The van der Waals surface area contributed by atoms with Gasteiger partial charge in [-0.05, 0) is 6.92 Å². The number of ether oxygens (including phenoxy) is 1. The molecule has 0 amide bonds. The third-order valence-electron chi connectivity index (χ3n) is 1.69. The van der Waals surface area contributed by atoms with Crippen molar-refractivity contribution in [3.05, 3.63) is 0 Å². The van der Waals surface area contributed by atoms with Crippen molar-refractivity contribution in [1.29, 1.82) is 0 Å². The van der Waals surface area contributed by atoms with Crippen LogP contribution in [0.5, 0.6) is 0 Å². The molecule has 1 aliphatic rings. The van der Waals surface area contributed by atoms with Crippen molar-refractivity contribution < 1.29 is 14.9 Å². The molecule has 1 aliphatic heterocycles. The van der Waals surface area contributed by atoms with Crippen LogP contribution in [-0.2, 0) is 4.74 Å². The highest BCUT2D eigenvalue weighted by molar-refractivity contribution is 4.70. The van der Waals surface area contributed by atoms with E-state index in [0.717, 1.165) is 0 Å². The maximum atomic E-state index is 8.98. The third-order valence-corrected chi connectivity index (χ3v) is 1.69. The second-order valence-corrected chi connectivity index (χ2v) is 2.52. The molecule has 0 radical (unpaired) electrons. The lowest BCUT2D eigenvalue weighted by atomic mass is 10.0. The zero-order valence-electron chi connectivity index (χ0n) is 5.45. The molecule has 1 fully saturated rings. The number of hydrogen-bond donors (Lipinski definition) is 2. The molecule has 0 spiro atoms. The predicted molar refractivity (Wildman–Crippen MR) is 31.7 cm³/mol. The number of hydrogen-bond acceptors (Lipinski definition) is 3. The van der Waals surface area contributed by atoms with Crippen LogP contribution in [0, 0.1) is 5.92 Å². The summed E-state index contributed by atoms with van der Waals surface area (Å²) in [5.74, 6) is 0.125. The molecule has 0 saturated carbocycles. The van der Waals surface area contributed by atoms with Crippen LogP contribution in [0.1, 0.15) is 13.3 Å². The monoisotopic (exact) mass is 132 g/mol. The highest BCUT2D eigenvalue weighted by atomic mass is 16.6. The normalized spacial score (nSPS) is 39.0. The first-order chi connectivity index (χ1) is 4.20. The summed E-state index contributed by atoms with van der Waals surface area (Å²) >= 11 is 0. The fourth-order valence-corrected chi connectivity index (χ4v) is 0.966. The van der Waals surface area contributed by atoms with Crippen LogP contribution in [-0.4, -0.2) is 29.2 Å². The summed E-state index contributed by atoms with van der Waals surface area (Å²) in [7, 11) is 0. The summed E-state index contributed by atoms with van der Waals surface area (Å²) in [6.45, 7) is 2.20. The van der Waals surface area contributed by atoms with Crippen molar-refractivity contribution in [3.63, 3.8) is 0 Å². The Morgan fingerprint density at radius 1 is 1.67 bits per heavy atom. The molecule has 54 valence electrons. The minimum absolute atomic E-state index is 0.125. The molecule has 9 heavy (non-hydrogen) atoms. The Kier molecular flexibility index (Phi) is 2.05. The summed E-state index contributed by atoms with van der Waals surface area (Å²) in [4.78, 5) is 0. The average Bonchev–Trinajstić information content (AvgIpc) is 2.14. The van der Waals surface area contributed by atoms with Crippen molar-refractivity contribution >= 4 is 0 Å². The summed E-state index contributed by atoms with van der Waals surface area (Å²) in [5, 5.41) is 17.8. The summed E-state index contributed by atoms with van der Waals surface area (Å²) in [6, 6.07) is 0. The second kappa shape index (κ2) is 2.64. The Balaban J connectivity index is 2.30. The van der Waals surface area contributed by atoms with E-state index in [1.54, 1.807) is 6.92 Å². The molecular formula is C6H12O3. The van der Waals surface area contributed by atoms with E-state index in [0.29, 0.717) is 13.0 Å². The molecule has 3 heteroatoms. The second-order valence-electron chi connectivity index (χ2n) is 2.52. The fraction of sp³-hybridized carbons (Fsp3) is 1.00. The van der Waals surface area contributed by atoms with Crippen LogP contribution < -0.4 is 0 Å². The van der Waals surface area contributed by atoms with E-state index in [1.807, 2.05) is 0 Å². The van der Waals surface area contributed by atoms with E-state index in [2.05, 4.69) is 0 Å². The molecule has 0 aliphatic carbocycles. The van der Waals surface area contributed by atoms with E-state index >= 15 is 0 Å². The first-order valence-electron chi connectivity index (χ1n) is 3.18. The van der Waals surface area contributed by atoms with Crippen LogP contribution in [0.15, 0.2) is 0 Å². The lowest BCUT2D eigenvalue weighted by molar-refractivity contribution is -0.0594. The van der Waals surface area contributed by atoms with E-state index < -0.39 is 6.29 Å². The van der Waals surface area contributed by atoms with Gasteiger partial charge in [0.1, 0.15) is 0 Å². The van der Waals surface area contributed by atoms with Gasteiger partial charge in [0.2, 0.25) is 0 Å². The van der Waals surface area contributed by atoms with Crippen molar-refractivity contribution in [3.8, 4) is 0 Å². The number of rotatable bonds is 1. The highest BCUT2D eigenvalue weighted by Crippen LogP contribution is 2.20. The van der Waals surface area contributed by atoms with Crippen molar-refractivity contribution in [2.45, 2.75) is 25.7 Å². The standard InChI is InChI=1S/C6H12O3/c1-4(7)5-2-6(8)9-3-5/h4-8H,2-3H2,1H3. The summed E-state index contributed by atoms with van der Waals surface area (Å²) in [5.41, 5.74) is 0. The highest BCUT2D eigenvalue weighted by Gasteiger charge is 2.26. The van der Waals surface area contributed by atoms with Gasteiger partial charge in [-0.3, -0.25) is 0 Å². The van der Waals surface area contributed by atoms with Gasteiger partial charge in [0.15, 0.2) is 6.29 Å². The van der Waals surface area contributed by atoms with Gasteiger partial charge in [0.05, 0.1) is 12.7 Å². The molecule has 1 rings (SSSR count).